The first-order valence-electron chi connectivity index (χ1n) is 6.32. The maximum atomic E-state index is 4.38. The molecule has 2 aliphatic rings. The SMILES string of the molecule is C=C1CCCC(C)(C)[C@]12CC=C(C)CC2. The second-order valence-corrected chi connectivity index (χ2v) is 6.18. The van der Waals surface area contributed by atoms with Crippen molar-refractivity contribution in [3.05, 3.63) is 23.8 Å². The Balaban J connectivity index is 2.34. The molecule has 1 atom stereocenters. The monoisotopic (exact) mass is 204 g/mol. The highest BCUT2D eigenvalue weighted by Gasteiger charge is 2.48. The summed E-state index contributed by atoms with van der Waals surface area (Å²) >= 11 is 0. The quantitative estimate of drug-likeness (QED) is 0.494. The van der Waals surface area contributed by atoms with Gasteiger partial charge in [-0.15, -0.1) is 0 Å². The van der Waals surface area contributed by atoms with Gasteiger partial charge in [0.15, 0.2) is 0 Å². The third-order valence-electron chi connectivity index (χ3n) is 5.00. The molecule has 0 radical (unpaired) electrons. The molecule has 0 unspecified atom stereocenters. The van der Waals surface area contributed by atoms with Crippen molar-refractivity contribution in [2.75, 3.05) is 0 Å². The minimum Gasteiger partial charge on any atom is -0.0993 e. The zero-order valence-corrected chi connectivity index (χ0v) is 10.5. The minimum absolute atomic E-state index is 0.421. The lowest BCUT2D eigenvalue weighted by molar-refractivity contribution is 0.0578. The van der Waals surface area contributed by atoms with Gasteiger partial charge in [-0.3, -0.25) is 0 Å². The van der Waals surface area contributed by atoms with E-state index < -0.39 is 0 Å². The molecule has 0 amide bonds. The lowest BCUT2D eigenvalue weighted by Gasteiger charge is -2.53. The maximum Gasteiger partial charge on any atom is -0.000212 e. The van der Waals surface area contributed by atoms with Crippen LogP contribution < -0.4 is 0 Å². The third kappa shape index (κ3) is 1.58. The van der Waals surface area contributed by atoms with E-state index in [0.29, 0.717) is 10.8 Å². The molecule has 0 N–H and O–H groups in total. The lowest BCUT2D eigenvalue weighted by atomic mass is 9.51. The molecule has 1 spiro atoms. The molecule has 1 fully saturated rings. The summed E-state index contributed by atoms with van der Waals surface area (Å²) < 4.78 is 0. The minimum atomic E-state index is 0.421. The molecule has 0 saturated heterocycles. The Kier molecular flexibility index (Phi) is 2.56. The first-order chi connectivity index (χ1) is 6.98. The van der Waals surface area contributed by atoms with E-state index in [1.807, 2.05) is 0 Å². The maximum absolute atomic E-state index is 4.38. The Bertz CT molecular complexity index is 306. The van der Waals surface area contributed by atoms with E-state index in [0.717, 1.165) is 0 Å². The molecule has 2 rings (SSSR count). The van der Waals surface area contributed by atoms with Crippen LogP contribution in [0.4, 0.5) is 0 Å². The van der Waals surface area contributed by atoms with Crippen LogP contribution in [0.3, 0.4) is 0 Å². The number of hydrogen-bond acceptors (Lipinski definition) is 0. The average Bonchev–Trinajstić information content (AvgIpc) is 2.16. The third-order valence-corrected chi connectivity index (χ3v) is 5.00. The van der Waals surface area contributed by atoms with Crippen molar-refractivity contribution in [1.29, 1.82) is 0 Å². The van der Waals surface area contributed by atoms with Crippen molar-refractivity contribution in [2.24, 2.45) is 10.8 Å². The van der Waals surface area contributed by atoms with Crippen LogP contribution in [0.15, 0.2) is 23.8 Å². The molecule has 0 nitrogen and oxygen atoms in total. The highest BCUT2D eigenvalue weighted by molar-refractivity contribution is 5.24. The van der Waals surface area contributed by atoms with E-state index in [1.165, 1.54) is 44.1 Å². The van der Waals surface area contributed by atoms with Crippen molar-refractivity contribution in [3.63, 3.8) is 0 Å². The summed E-state index contributed by atoms with van der Waals surface area (Å²) in [6.45, 7) is 11.6. The molecule has 0 heterocycles. The summed E-state index contributed by atoms with van der Waals surface area (Å²) in [4.78, 5) is 0. The normalized spacial score (nSPS) is 35.4. The van der Waals surface area contributed by atoms with Gasteiger partial charge in [0.25, 0.3) is 0 Å². The topological polar surface area (TPSA) is 0 Å². The lowest BCUT2D eigenvalue weighted by Crippen LogP contribution is -2.43. The van der Waals surface area contributed by atoms with Crippen molar-refractivity contribution < 1.29 is 0 Å². The van der Waals surface area contributed by atoms with Gasteiger partial charge in [0.05, 0.1) is 0 Å². The molecule has 0 aromatic heterocycles. The van der Waals surface area contributed by atoms with Gasteiger partial charge < -0.3 is 0 Å². The molecule has 0 aromatic carbocycles. The summed E-state index contributed by atoms with van der Waals surface area (Å²) in [5.41, 5.74) is 3.99. The number of allylic oxidation sites excluding steroid dienone is 3. The zero-order chi connectivity index (χ0) is 11.1. The van der Waals surface area contributed by atoms with Crippen LogP contribution in [0.25, 0.3) is 0 Å². The van der Waals surface area contributed by atoms with Gasteiger partial charge in [0.2, 0.25) is 0 Å². The van der Waals surface area contributed by atoms with Crippen LogP contribution in [0, 0.1) is 10.8 Å². The second kappa shape index (κ2) is 3.50. The van der Waals surface area contributed by atoms with Crippen molar-refractivity contribution in [1.82, 2.24) is 0 Å². The molecular weight excluding hydrogens is 180 g/mol. The summed E-state index contributed by atoms with van der Waals surface area (Å²) in [7, 11) is 0. The van der Waals surface area contributed by atoms with Crippen molar-refractivity contribution in [2.45, 2.75) is 59.3 Å². The standard InChI is InChI=1S/C15H24/c1-12-7-10-15(11-8-12)13(2)6-5-9-14(15,3)4/h7H,2,5-6,8-11H2,1,3-4H3/t15-/m0/s1. The summed E-state index contributed by atoms with van der Waals surface area (Å²) in [6, 6.07) is 0. The Morgan fingerprint density at radius 3 is 2.47 bits per heavy atom. The van der Waals surface area contributed by atoms with Crippen LogP contribution in [0.2, 0.25) is 0 Å². The van der Waals surface area contributed by atoms with Gasteiger partial charge in [0, 0.05) is 0 Å². The van der Waals surface area contributed by atoms with E-state index in [4.69, 9.17) is 0 Å². The van der Waals surface area contributed by atoms with E-state index in [1.54, 1.807) is 5.57 Å². The second-order valence-electron chi connectivity index (χ2n) is 6.18. The van der Waals surface area contributed by atoms with Crippen LogP contribution in [-0.2, 0) is 0 Å². The Morgan fingerprint density at radius 1 is 1.20 bits per heavy atom. The predicted molar refractivity (Wildman–Crippen MR) is 66.8 cm³/mol. The van der Waals surface area contributed by atoms with Crippen molar-refractivity contribution in [3.8, 4) is 0 Å². The summed E-state index contributed by atoms with van der Waals surface area (Å²) in [5.74, 6) is 0. The Labute approximate surface area is 94.5 Å². The molecule has 0 aliphatic heterocycles. The molecule has 0 bridgehead atoms. The molecular formula is C15H24. The van der Waals surface area contributed by atoms with E-state index >= 15 is 0 Å². The molecule has 0 aromatic rings. The van der Waals surface area contributed by atoms with Gasteiger partial charge in [0.1, 0.15) is 0 Å². The Hall–Kier alpha value is -0.520. The highest BCUT2D eigenvalue weighted by Crippen LogP contribution is 2.59. The molecule has 2 aliphatic carbocycles. The number of hydrogen-bond donors (Lipinski definition) is 0. The van der Waals surface area contributed by atoms with Crippen molar-refractivity contribution >= 4 is 0 Å². The molecule has 15 heavy (non-hydrogen) atoms. The fraction of sp³-hybridized carbons (Fsp3) is 0.733. The zero-order valence-electron chi connectivity index (χ0n) is 10.5. The van der Waals surface area contributed by atoms with Crippen LogP contribution in [0.1, 0.15) is 59.3 Å². The van der Waals surface area contributed by atoms with Crippen LogP contribution in [-0.4, -0.2) is 0 Å². The number of rotatable bonds is 0. The molecule has 84 valence electrons. The first kappa shape index (κ1) is 11.0. The highest BCUT2D eigenvalue weighted by atomic mass is 14.5. The fourth-order valence-corrected chi connectivity index (χ4v) is 3.60. The van der Waals surface area contributed by atoms with Gasteiger partial charge in [-0.2, -0.15) is 0 Å². The van der Waals surface area contributed by atoms with Crippen LogP contribution >= 0.6 is 0 Å². The largest absolute Gasteiger partial charge is 0.0993 e. The molecule has 0 heteroatoms. The van der Waals surface area contributed by atoms with Gasteiger partial charge in [-0.25, -0.2) is 0 Å². The van der Waals surface area contributed by atoms with Gasteiger partial charge in [-0.1, -0.05) is 37.6 Å². The van der Waals surface area contributed by atoms with E-state index in [2.05, 4.69) is 33.4 Å². The summed E-state index contributed by atoms with van der Waals surface area (Å²) in [6.07, 6.45) is 10.3. The average molecular weight is 204 g/mol. The van der Waals surface area contributed by atoms with Gasteiger partial charge in [-0.05, 0) is 56.3 Å². The fourth-order valence-electron chi connectivity index (χ4n) is 3.60. The molecule has 1 saturated carbocycles. The predicted octanol–water partition coefficient (Wildman–Crippen LogP) is 4.87. The smallest absolute Gasteiger partial charge is 0.000212 e. The van der Waals surface area contributed by atoms with E-state index in [-0.39, 0.29) is 0 Å². The summed E-state index contributed by atoms with van der Waals surface area (Å²) in [5, 5.41) is 0. The first-order valence-corrected chi connectivity index (χ1v) is 6.32. The van der Waals surface area contributed by atoms with E-state index in [9.17, 15) is 0 Å². The Morgan fingerprint density at radius 2 is 1.93 bits per heavy atom. The van der Waals surface area contributed by atoms with Crippen LogP contribution in [0.5, 0.6) is 0 Å². The van der Waals surface area contributed by atoms with Gasteiger partial charge >= 0.3 is 0 Å².